The molecule has 1 aliphatic heterocycles. The van der Waals surface area contributed by atoms with Crippen LogP contribution in [0.3, 0.4) is 0 Å². The number of fused-ring (bicyclic) bond motifs is 1. The fourth-order valence-electron chi connectivity index (χ4n) is 1.91. The van der Waals surface area contributed by atoms with Crippen LogP contribution in [0.5, 0.6) is 11.5 Å². The van der Waals surface area contributed by atoms with Crippen LogP contribution in [0.2, 0.25) is 0 Å². The summed E-state index contributed by atoms with van der Waals surface area (Å²) in [6, 6.07) is 3.04. The van der Waals surface area contributed by atoms with Crippen molar-refractivity contribution in [2.75, 3.05) is 25.2 Å². The number of rotatable bonds is 7. The van der Waals surface area contributed by atoms with E-state index in [0.29, 0.717) is 30.5 Å². The van der Waals surface area contributed by atoms with Gasteiger partial charge < -0.3 is 14.6 Å². The molecule has 0 aromatic heterocycles. The molecule has 0 bridgehead atoms. The molecule has 0 saturated heterocycles. The van der Waals surface area contributed by atoms with Crippen LogP contribution in [-0.2, 0) is 14.8 Å². The lowest BCUT2D eigenvalue weighted by molar-refractivity contribution is -0.139. The van der Waals surface area contributed by atoms with Crippen molar-refractivity contribution in [3.8, 4) is 11.5 Å². The third-order valence-corrected chi connectivity index (χ3v) is 5.14. The largest absolute Gasteiger partial charge is 0.486 e. The van der Waals surface area contributed by atoms with Gasteiger partial charge >= 0.3 is 5.97 Å². The molecule has 0 spiro atoms. The molecule has 9 heteroatoms. The summed E-state index contributed by atoms with van der Waals surface area (Å²) in [5.74, 6) is 0.156. The summed E-state index contributed by atoms with van der Waals surface area (Å²) in [6.07, 6.45) is 2.04. The minimum Gasteiger partial charge on any atom is -0.486 e. The molecule has 0 aliphatic carbocycles. The molecule has 1 aromatic carbocycles. The molecule has 2 N–H and O–H groups in total. The number of aliphatic carboxylic acids is 1. The van der Waals surface area contributed by atoms with Gasteiger partial charge in [0.05, 0.1) is 4.90 Å². The van der Waals surface area contributed by atoms with Crippen LogP contribution >= 0.6 is 11.8 Å². The second kappa shape index (κ2) is 7.21. The highest BCUT2D eigenvalue weighted by Gasteiger charge is 2.26. The van der Waals surface area contributed by atoms with E-state index in [4.69, 9.17) is 14.6 Å². The molecule has 1 aromatic rings. The molecular formula is C13H17NO6S2. The number of sulfonamides is 1. The van der Waals surface area contributed by atoms with Gasteiger partial charge in [0.25, 0.3) is 0 Å². The lowest BCUT2D eigenvalue weighted by Gasteiger charge is -2.19. The average Bonchev–Trinajstić information content (AvgIpc) is 2.50. The highest BCUT2D eigenvalue weighted by Crippen LogP contribution is 2.32. The maximum Gasteiger partial charge on any atom is 0.321 e. The molecule has 0 fully saturated rings. The molecule has 1 heterocycles. The molecule has 7 nitrogen and oxygen atoms in total. The maximum absolute atomic E-state index is 12.3. The Bertz CT molecular complexity index is 646. The van der Waals surface area contributed by atoms with E-state index < -0.39 is 22.0 Å². The molecule has 1 atom stereocenters. The SMILES string of the molecule is CSCC[C@H](NS(=O)(=O)c1ccc2c(c1)OCCO2)C(=O)O. The van der Waals surface area contributed by atoms with E-state index in [1.54, 1.807) is 0 Å². The van der Waals surface area contributed by atoms with Crippen LogP contribution in [0.1, 0.15) is 6.42 Å². The highest BCUT2D eigenvalue weighted by molar-refractivity contribution is 7.98. The number of hydrogen-bond acceptors (Lipinski definition) is 6. The molecular weight excluding hydrogens is 330 g/mol. The predicted octanol–water partition coefficient (Wildman–Crippen LogP) is 0.942. The van der Waals surface area contributed by atoms with Gasteiger partial charge in [-0.2, -0.15) is 16.5 Å². The van der Waals surface area contributed by atoms with Crippen LogP contribution in [-0.4, -0.2) is 50.8 Å². The average molecular weight is 347 g/mol. The Morgan fingerprint density at radius 3 is 2.68 bits per heavy atom. The second-order valence-corrected chi connectivity index (χ2v) is 7.30. The van der Waals surface area contributed by atoms with Gasteiger partial charge in [0.2, 0.25) is 10.0 Å². The molecule has 0 amide bonds. The molecule has 2 rings (SSSR count). The van der Waals surface area contributed by atoms with Crippen LogP contribution in [0.4, 0.5) is 0 Å². The molecule has 22 heavy (non-hydrogen) atoms. The lowest BCUT2D eigenvalue weighted by Crippen LogP contribution is -2.41. The summed E-state index contributed by atoms with van der Waals surface area (Å²) in [4.78, 5) is 11.1. The van der Waals surface area contributed by atoms with Crippen LogP contribution in [0.25, 0.3) is 0 Å². The Balaban J connectivity index is 2.20. The van der Waals surface area contributed by atoms with Crippen molar-refractivity contribution in [3.05, 3.63) is 18.2 Å². The second-order valence-electron chi connectivity index (χ2n) is 4.60. The van der Waals surface area contributed by atoms with Crippen molar-refractivity contribution in [2.45, 2.75) is 17.4 Å². The van der Waals surface area contributed by atoms with Gasteiger partial charge in [-0.25, -0.2) is 8.42 Å². The fourth-order valence-corrected chi connectivity index (χ4v) is 3.62. The van der Waals surface area contributed by atoms with Gasteiger partial charge in [-0.15, -0.1) is 0 Å². The third kappa shape index (κ3) is 4.05. The summed E-state index contributed by atoms with van der Waals surface area (Å²) < 4.78 is 37.5. The van der Waals surface area contributed by atoms with Gasteiger partial charge in [-0.3, -0.25) is 4.79 Å². The topological polar surface area (TPSA) is 102 Å². The number of ether oxygens (including phenoxy) is 2. The van der Waals surface area contributed by atoms with Gasteiger partial charge in [0.1, 0.15) is 19.3 Å². The summed E-state index contributed by atoms with van der Waals surface area (Å²) in [5, 5.41) is 9.12. The van der Waals surface area contributed by atoms with Gasteiger partial charge in [0.15, 0.2) is 11.5 Å². The Morgan fingerprint density at radius 1 is 1.36 bits per heavy atom. The number of carboxylic acid groups (broad SMARTS) is 1. The zero-order valence-electron chi connectivity index (χ0n) is 11.9. The van der Waals surface area contributed by atoms with Crippen molar-refractivity contribution < 1.29 is 27.8 Å². The number of hydrogen-bond donors (Lipinski definition) is 2. The summed E-state index contributed by atoms with van der Waals surface area (Å²) in [7, 11) is -3.94. The van der Waals surface area contributed by atoms with Crippen LogP contribution in [0, 0.1) is 0 Å². The number of thioether (sulfide) groups is 1. The first kappa shape index (κ1) is 16.9. The Labute approximate surface area is 133 Å². The molecule has 0 saturated carbocycles. The zero-order valence-corrected chi connectivity index (χ0v) is 13.6. The molecule has 0 unspecified atom stereocenters. The van der Waals surface area contributed by atoms with Crippen molar-refractivity contribution >= 4 is 27.8 Å². The quantitative estimate of drug-likeness (QED) is 0.757. The maximum atomic E-state index is 12.3. The van der Waals surface area contributed by atoms with Crippen LogP contribution < -0.4 is 14.2 Å². The van der Waals surface area contributed by atoms with Gasteiger partial charge in [-0.05, 0) is 30.6 Å². The fraction of sp³-hybridized carbons (Fsp3) is 0.462. The Morgan fingerprint density at radius 2 is 2.05 bits per heavy atom. The van der Waals surface area contributed by atoms with E-state index in [1.165, 1.54) is 30.0 Å². The summed E-state index contributed by atoms with van der Waals surface area (Å²) >= 11 is 1.45. The molecule has 1 aliphatic rings. The van der Waals surface area contributed by atoms with E-state index in [-0.39, 0.29) is 11.3 Å². The van der Waals surface area contributed by atoms with Crippen molar-refractivity contribution in [3.63, 3.8) is 0 Å². The first-order valence-corrected chi connectivity index (χ1v) is 9.45. The van der Waals surface area contributed by atoms with E-state index in [0.717, 1.165) is 0 Å². The monoisotopic (exact) mass is 347 g/mol. The highest BCUT2D eigenvalue weighted by atomic mass is 32.2. The number of carbonyl (C=O) groups is 1. The summed E-state index contributed by atoms with van der Waals surface area (Å²) in [5.41, 5.74) is 0. The predicted molar refractivity (Wildman–Crippen MR) is 82.2 cm³/mol. The third-order valence-electron chi connectivity index (χ3n) is 3.03. The van der Waals surface area contributed by atoms with Crippen molar-refractivity contribution in [2.24, 2.45) is 0 Å². The zero-order chi connectivity index (χ0) is 16.2. The first-order chi connectivity index (χ1) is 10.4. The standard InChI is InChI=1S/C13H17NO6S2/c1-21-7-4-10(13(15)16)14-22(17,18)9-2-3-11-12(8-9)20-6-5-19-11/h2-3,8,10,14H,4-7H2,1H3,(H,15,16)/t10-/m0/s1. The number of benzene rings is 1. The minimum atomic E-state index is -3.94. The van der Waals surface area contributed by atoms with Gasteiger partial charge in [-0.1, -0.05) is 0 Å². The lowest BCUT2D eigenvalue weighted by atomic mass is 10.2. The molecule has 0 radical (unpaired) electrons. The number of carboxylic acids is 1. The Hall–Kier alpha value is -1.45. The van der Waals surface area contributed by atoms with Crippen molar-refractivity contribution in [1.82, 2.24) is 4.72 Å². The van der Waals surface area contributed by atoms with E-state index in [1.807, 2.05) is 6.26 Å². The van der Waals surface area contributed by atoms with E-state index >= 15 is 0 Å². The van der Waals surface area contributed by atoms with E-state index in [9.17, 15) is 13.2 Å². The smallest absolute Gasteiger partial charge is 0.321 e. The molecule has 122 valence electrons. The number of nitrogens with one attached hydrogen (secondary N) is 1. The van der Waals surface area contributed by atoms with Gasteiger partial charge in [0, 0.05) is 6.07 Å². The minimum absolute atomic E-state index is 0.0489. The van der Waals surface area contributed by atoms with E-state index in [2.05, 4.69) is 4.72 Å². The van der Waals surface area contributed by atoms with Crippen molar-refractivity contribution in [1.29, 1.82) is 0 Å². The normalized spacial score (nSPS) is 15.3. The Kier molecular flexibility index (Phi) is 5.54. The first-order valence-electron chi connectivity index (χ1n) is 6.58. The van der Waals surface area contributed by atoms with Crippen LogP contribution in [0.15, 0.2) is 23.1 Å². The summed E-state index contributed by atoms with van der Waals surface area (Å²) in [6.45, 7) is 0.753.